The number of aromatic hydroxyl groups is 2. The van der Waals surface area contributed by atoms with Crippen LogP contribution in [0.3, 0.4) is 0 Å². The number of esters is 1. The highest BCUT2D eigenvalue weighted by Crippen LogP contribution is 2.49. The molecule has 5 N–H and O–H groups in total. The Labute approximate surface area is 367 Å². The largest absolute Gasteiger partial charge is 0.507 e. The van der Waals surface area contributed by atoms with Crippen molar-refractivity contribution in [1.82, 2.24) is 4.98 Å². The summed E-state index contributed by atoms with van der Waals surface area (Å²) >= 11 is 0. The molecule has 6 rings (SSSR count). The Hall–Kier alpha value is -5.73. The van der Waals surface area contributed by atoms with E-state index in [4.69, 9.17) is 18.9 Å². The van der Waals surface area contributed by atoms with E-state index in [9.17, 15) is 39.6 Å². The van der Waals surface area contributed by atoms with Gasteiger partial charge in [-0.1, -0.05) is 65.8 Å². The van der Waals surface area contributed by atoms with E-state index in [-0.39, 0.29) is 79.0 Å². The molecule has 1 fully saturated rings. The van der Waals surface area contributed by atoms with E-state index in [1.54, 1.807) is 58.1 Å². The molecule has 338 valence electrons. The quantitative estimate of drug-likeness (QED) is 0.0205. The summed E-state index contributed by atoms with van der Waals surface area (Å²) in [6, 6.07) is 3.32. The van der Waals surface area contributed by atoms with Gasteiger partial charge in [-0.2, -0.15) is 0 Å². The first-order chi connectivity index (χ1) is 29.7. The van der Waals surface area contributed by atoms with Gasteiger partial charge in [0.1, 0.15) is 40.3 Å². The molecule has 4 aliphatic rings. The summed E-state index contributed by atoms with van der Waals surface area (Å²) in [7, 11) is 0. The number of piperidine rings is 1. The normalized spacial score (nSPS) is 19.9. The molecule has 0 bridgehead atoms. The number of fused-ring (bicyclic) bond motifs is 6. The number of benzene rings is 3. The molecule has 2 aromatic rings. The summed E-state index contributed by atoms with van der Waals surface area (Å²) in [4.78, 5) is 61.0. The number of phenolic OH excluding ortho intramolecular Hbond substituents is 2. The molecule has 1 aliphatic carbocycles. The second-order valence-corrected chi connectivity index (χ2v) is 17.9. The number of nitrogens with one attached hydrogen (secondary N) is 1. The highest BCUT2D eigenvalue weighted by atomic mass is 16.5. The summed E-state index contributed by atoms with van der Waals surface area (Å²) in [6.07, 6.45) is 4.92. The van der Waals surface area contributed by atoms with Gasteiger partial charge in [0.2, 0.25) is 11.2 Å². The van der Waals surface area contributed by atoms with E-state index in [0.29, 0.717) is 11.6 Å². The first-order valence-corrected chi connectivity index (χ1v) is 21.8. The fraction of sp³-hybridized carbons (Fsp3) is 0.490. The minimum atomic E-state index is -1.03. The fourth-order valence-electron chi connectivity index (χ4n) is 8.86. The molecule has 63 heavy (non-hydrogen) atoms. The van der Waals surface area contributed by atoms with Crippen molar-refractivity contribution in [2.24, 2.45) is 35.5 Å². The van der Waals surface area contributed by atoms with E-state index in [2.05, 4.69) is 23.7 Å². The molecule has 0 radical (unpaired) electrons. The molecule has 0 unspecified atom stereocenters. The first-order valence-electron chi connectivity index (χ1n) is 21.8. The number of amides is 1. The number of ketones is 1. The van der Waals surface area contributed by atoms with Crippen molar-refractivity contribution in [2.75, 3.05) is 23.3 Å². The minimum Gasteiger partial charge on any atom is -0.507 e. The molecule has 0 saturated carbocycles. The molecular formula is C49H61N3O11. The molecule has 3 heterocycles. The number of phenols is 2. The van der Waals surface area contributed by atoms with Crippen molar-refractivity contribution in [3.63, 3.8) is 0 Å². The number of carbonyl (C=O) groups excluding carboxylic acids is 3. The summed E-state index contributed by atoms with van der Waals surface area (Å²) in [5, 5.41) is 48.0. The number of allylic oxidation sites excluding steroid dienone is 3. The lowest BCUT2D eigenvalue weighted by molar-refractivity contribution is -0.158. The molecular weight excluding hydrogens is 807 g/mol. The van der Waals surface area contributed by atoms with Gasteiger partial charge in [0.25, 0.3) is 5.91 Å². The Kier molecular flexibility index (Phi) is 13.8. The first kappa shape index (κ1) is 46.8. The predicted molar refractivity (Wildman–Crippen MR) is 243 cm³/mol. The van der Waals surface area contributed by atoms with Gasteiger partial charge >= 0.3 is 5.97 Å². The Bertz CT molecular complexity index is 2530. The van der Waals surface area contributed by atoms with Crippen LogP contribution >= 0.6 is 0 Å². The van der Waals surface area contributed by atoms with Crippen molar-refractivity contribution < 1.29 is 48.7 Å². The number of carbonyl (C=O) groups is 3. The van der Waals surface area contributed by atoms with Crippen molar-refractivity contribution in [3.8, 4) is 28.7 Å². The van der Waals surface area contributed by atoms with Crippen LogP contribution < -0.4 is 20.4 Å². The lowest BCUT2D eigenvalue weighted by Gasteiger charge is -2.37. The maximum atomic E-state index is 14.6. The number of ether oxygens (including phenoxy) is 2. The van der Waals surface area contributed by atoms with Gasteiger partial charge in [0, 0.05) is 72.1 Å². The summed E-state index contributed by atoms with van der Waals surface area (Å²) in [5.41, 5.74) is 0.0650. The van der Waals surface area contributed by atoms with E-state index >= 15 is 0 Å². The topological polar surface area (TPSA) is 209 Å². The maximum absolute atomic E-state index is 14.6. The second kappa shape index (κ2) is 18.5. The van der Waals surface area contributed by atoms with Gasteiger partial charge in [0.05, 0.1) is 23.2 Å². The number of Topliss-reactive ketones (excluding diaryl/α,β-unsaturated/α-hetero) is 1. The van der Waals surface area contributed by atoms with Gasteiger partial charge in [-0.3, -0.25) is 19.2 Å². The molecule has 1 amide bonds. The molecule has 14 nitrogen and oxygen atoms in total. The lowest BCUT2D eigenvalue weighted by Crippen LogP contribution is -2.45. The zero-order chi connectivity index (χ0) is 46.3. The van der Waals surface area contributed by atoms with Crippen molar-refractivity contribution in [3.05, 3.63) is 69.9 Å². The van der Waals surface area contributed by atoms with Crippen LogP contribution in [0, 0.1) is 42.4 Å². The van der Waals surface area contributed by atoms with Crippen LogP contribution in [0.15, 0.2) is 57.8 Å². The number of hydrogen-bond acceptors (Lipinski definition) is 13. The van der Waals surface area contributed by atoms with E-state index in [1.165, 1.54) is 26.8 Å². The lowest BCUT2D eigenvalue weighted by atomic mass is 9.77. The summed E-state index contributed by atoms with van der Waals surface area (Å²) in [6.45, 7) is 22.7. The highest BCUT2D eigenvalue weighted by Gasteiger charge is 2.40. The fourth-order valence-corrected chi connectivity index (χ4v) is 8.86. The number of aliphatic hydroxyl groups excluding tert-OH is 2. The van der Waals surface area contributed by atoms with Crippen LogP contribution in [-0.2, 0) is 14.3 Å². The number of aromatic nitrogens is 1. The molecule has 0 aromatic heterocycles. The summed E-state index contributed by atoms with van der Waals surface area (Å²) < 4.78 is 17.9. The number of aliphatic hydroxyl groups is 2. The van der Waals surface area contributed by atoms with Gasteiger partial charge in [-0.05, 0) is 51.4 Å². The van der Waals surface area contributed by atoms with Crippen LogP contribution in [0.2, 0.25) is 0 Å². The zero-order valence-corrected chi connectivity index (χ0v) is 37.8. The zero-order valence-electron chi connectivity index (χ0n) is 37.8. The van der Waals surface area contributed by atoms with Crippen molar-refractivity contribution >= 4 is 50.9 Å². The van der Waals surface area contributed by atoms with E-state index in [0.717, 1.165) is 25.9 Å². The summed E-state index contributed by atoms with van der Waals surface area (Å²) in [5.74, 6) is -3.49. The third kappa shape index (κ3) is 8.92. The Balaban J connectivity index is 1.34. The van der Waals surface area contributed by atoms with E-state index < -0.39 is 71.0 Å². The van der Waals surface area contributed by atoms with Gasteiger partial charge in [-0.15, -0.1) is 6.58 Å². The SMILES string of the molecule is C=C[C@H](C)[C@@H](C)[C@@H](OC(C)=O)[C@H](C)[C@H](O)[C@H](C)[C@@H](O)[C@@H](C)/C=C/C=C(/C)C(=O)Nc1c2oc3cc(N4CCC(C)CC4)cc(O)c3nc-2c2c3c(c(C)c(O)c2c1=O)O[C@@H](C)C3=O. The number of nitrogens with zero attached hydrogens (tertiary/aromatic N) is 2. The van der Waals surface area contributed by atoms with Crippen molar-refractivity contribution in [2.45, 2.75) is 106 Å². The third-order valence-electron chi connectivity index (χ3n) is 13.4. The average Bonchev–Trinajstić information content (AvgIpc) is 3.56. The number of anilines is 2. The monoisotopic (exact) mass is 867 g/mol. The number of hydrogen-bond donors (Lipinski definition) is 5. The Morgan fingerprint density at radius 3 is 2.27 bits per heavy atom. The van der Waals surface area contributed by atoms with Gasteiger partial charge < -0.3 is 44.5 Å². The molecule has 14 heteroatoms. The van der Waals surface area contributed by atoms with Crippen LogP contribution in [0.25, 0.3) is 33.3 Å². The molecule has 3 aliphatic heterocycles. The smallest absolute Gasteiger partial charge is 0.302 e. The van der Waals surface area contributed by atoms with Gasteiger partial charge in [-0.25, -0.2) is 4.98 Å². The average molecular weight is 868 g/mol. The molecule has 9 atom stereocenters. The van der Waals surface area contributed by atoms with Crippen molar-refractivity contribution in [1.29, 1.82) is 0 Å². The van der Waals surface area contributed by atoms with E-state index in [1.807, 2.05) is 13.8 Å². The Morgan fingerprint density at radius 1 is 0.968 bits per heavy atom. The predicted octanol–water partition coefficient (Wildman–Crippen LogP) is 7.83. The molecule has 1 saturated heterocycles. The van der Waals surface area contributed by atoms with Crippen LogP contribution in [0.1, 0.15) is 91.1 Å². The minimum absolute atomic E-state index is 0.00211. The second-order valence-electron chi connectivity index (χ2n) is 17.9. The highest BCUT2D eigenvalue weighted by molar-refractivity contribution is 6.21. The van der Waals surface area contributed by atoms with Gasteiger partial charge in [0.15, 0.2) is 17.4 Å². The van der Waals surface area contributed by atoms with Crippen LogP contribution in [0.4, 0.5) is 11.4 Å². The molecule has 0 spiro atoms. The Morgan fingerprint density at radius 2 is 1.63 bits per heavy atom. The standard InChI is InChI=1S/C49H61N3O11/c1-12-23(3)26(6)46(62-31(11)53)28(8)42(56)27(7)41(55)24(4)14-13-15-25(5)49(60)51-40-45(59)36-35(37-44(58)30(10)61-47(37)29(9)43(36)57)39-48(40)63-34-21-32(20-33(54)38(34)50-39)52-18-16-22(2)17-19-52/h12-15,20-24,26-28,30,41-42,46,54-57H,1,16-19H2,2-11H3,(H,51,60)/b14-13+,25-15-/t23-,24-,26+,27+,28+,30-,41-,42+,46+/m0/s1. The van der Waals surface area contributed by atoms with Crippen LogP contribution in [-0.4, -0.2) is 80.6 Å². The third-order valence-corrected chi connectivity index (χ3v) is 13.4. The maximum Gasteiger partial charge on any atom is 0.302 e. The number of rotatable bonds is 14. The van der Waals surface area contributed by atoms with Crippen LogP contribution in [0.5, 0.6) is 17.2 Å². The molecule has 2 aromatic carbocycles.